The second-order valence-electron chi connectivity index (χ2n) is 7.15. The van der Waals surface area contributed by atoms with Crippen molar-refractivity contribution >= 4 is 23.5 Å². The number of piperidine rings is 1. The average Bonchev–Trinajstić information content (AvgIpc) is 2.89. The molecule has 1 atom stereocenters. The van der Waals surface area contributed by atoms with Crippen molar-refractivity contribution in [1.29, 1.82) is 0 Å². The highest BCUT2D eigenvalue weighted by Gasteiger charge is 2.43. The summed E-state index contributed by atoms with van der Waals surface area (Å²) >= 11 is 0. The van der Waals surface area contributed by atoms with Gasteiger partial charge in [-0.2, -0.15) is 0 Å². The molecule has 0 aliphatic carbocycles. The van der Waals surface area contributed by atoms with E-state index in [-0.39, 0.29) is 11.7 Å². The van der Waals surface area contributed by atoms with Gasteiger partial charge < -0.3 is 5.32 Å². The van der Waals surface area contributed by atoms with Crippen LogP contribution in [0.1, 0.15) is 71.7 Å². The van der Waals surface area contributed by atoms with Crippen LogP contribution in [0.3, 0.4) is 0 Å². The smallest absolute Gasteiger partial charge is 0.262 e. The van der Waals surface area contributed by atoms with Crippen molar-refractivity contribution in [1.82, 2.24) is 10.2 Å². The first-order valence-electron chi connectivity index (χ1n) is 9.43. The zero-order valence-electron chi connectivity index (χ0n) is 15.5. The van der Waals surface area contributed by atoms with E-state index in [9.17, 15) is 19.2 Å². The summed E-state index contributed by atoms with van der Waals surface area (Å²) < 4.78 is 0. The topological polar surface area (TPSA) is 83.6 Å². The van der Waals surface area contributed by atoms with Gasteiger partial charge in [0.1, 0.15) is 11.8 Å². The summed E-state index contributed by atoms with van der Waals surface area (Å²) in [5.74, 6) is -1.04. The van der Waals surface area contributed by atoms with Crippen molar-refractivity contribution in [2.45, 2.75) is 57.9 Å². The van der Waals surface area contributed by atoms with E-state index in [1.54, 1.807) is 18.2 Å². The Morgan fingerprint density at radius 3 is 2.63 bits per heavy atom. The van der Waals surface area contributed by atoms with Crippen LogP contribution in [0.25, 0.3) is 0 Å². The minimum Gasteiger partial charge on any atom is -0.329 e. The Morgan fingerprint density at radius 2 is 1.93 bits per heavy atom. The number of carbonyl (C=O) groups excluding carboxylic acids is 4. The number of nitrogens with zero attached hydrogens (tertiary/aromatic N) is 1. The molecule has 0 bridgehead atoms. The fourth-order valence-electron chi connectivity index (χ4n) is 3.54. The highest BCUT2D eigenvalue weighted by molar-refractivity contribution is 6.23. The first-order valence-corrected chi connectivity index (χ1v) is 9.43. The summed E-state index contributed by atoms with van der Waals surface area (Å²) in [7, 11) is 0. The van der Waals surface area contributed by atoms with Gasteiger partial charge in [-0.15, -0.1) is 0 Å². The van der Waals surface area contributed by atoms with Gasteiger partial charge in [0.25, 0.3) is 11.8 Å². The standard InChI is InChI=1S/C21H24N2O4/c1-3-4-5-15(24)9-7-14-8-10-16-17(12-14)21(27)23(20(16)26)18-11-6-13(2)22-19(18)25/h8,10,12,18H,2-7,9,11H2,1H3,(H,22,25). The first-order chi connectivity index (χ1) is 12.9. The predicted molar refractivity (Wildman–Crippen MR) is 100 cm³/mol. The number of hydrogen-bond donors (Lipinski definition) is 1. The Balaban J connectivity index is 1.74. The molecule has 6 nitrogen and oxygen atoms in total. The molecule has 1 aromatic carbocycles. The van der Waals surface area contributed by atoms with Gasteiger partial charge in [0.05, 0.1) is 11.1 Å². The predicted octanol–water partition coefficient (Wildman–Crippen LogP) is 2.77. The van der Waals surface area contributed by atoms with Crippen LogP contribution in [0, 0.1) is 0 Å². The number of rotatable bonds is 7. The number of hydrogen-bond acceptors (Lipinski definition) is 4. The van der Waals surface area contributed by atoms with Crippen LogP contribution in [0.5, 0.6) is 0 Å². The maximum Gasteiger partial charge on any atom is 0.262 e. The van der Waals surface area contributed by atoms with Crippen molar-refractivity contribution < 1.29 is 19.2 Å². The van der Waals surface area contributed by atoms with E-state index in [0.717, 1.165) is 23.3 Å². The minimum absolute atomic E-state index is 0.209. The van der Waals surface area contributed by atoms with E-state index in [1.165, 1.54) is 0 Å². The van der Waals surface area contributed by atoms with Crippen LogP contribution in [0.15, 0.2) is 30.5 Å². The SMILES string of the molecule is C=C1CCC(N2C(=O)c3ccc(CCC(=O)CCCC)cc3C2=O)C(=O)N1. The van der Waals surface area contributed by atoms with Gasteiger partial charge in [0, 0.05) is 18.5 Å². The Bertz CT molecular complexity index is 827. The number of ketones is 1. The summed E-state index contributed by atoms with van der Waals surface area (Å²) in [5.41, 5.74) is 2.08. The van der Waals surface area contributed by atoms with E-state index < -0.39 is 17.9 Å². The number of amides is 3. The summed E-state index contributed by atoms with van der Waals surface area (Å²) in [6.45, 7) is 5.77. The van der Waals surface area contributed by atoms with Gasteiger partial charge in [-0.25, -0.2) is 0 Å². The molecule has 3 rings (SSSR count). The zero-order valence-corrected chi connectivity index (χ0v) is 15.5. The van der Waals surface area contributed by atoms with Gasteiger partial charge in [-0.1, -0.05) is 26.0 Å². The summed E-state index contributed by atoms with van der Waals surface area (Å²) in [5, 5.41) is 2.62. The fraction of sp³-hybridized carbons (Fsp3) is 0.429. The van der Waals surface area contributed by atoms with Crippen LogP contribution in [0.2, 0.25) is 0 Å². The molecule has 3 amide bonds. The molecule has 1 saturated heterocycles. The molecule has 27 heavy (non-hydrogen) atoms. The van der Waals surface area contributed by atoms with Crippen molar-refractivity contribution in [3.05, 3.63) is 47.2 Å². The molecule has 142 valence electrons. The summed E-state index contributed by atoms with van der Waals surface area (Å²) in [4.78, 5) is 50.6. The molecule has 2 aliphatic rings. The van der Waals surface area contributed by atoms with Crippen LogP contribution >= 0.6 is 0 Å². The maximum absolute atomic E-state index is 12.8. The average molecular weight is 368 g/mol. The third-order valence-corrected chi connectivity index (χ3v) is 5.12. The number of nitrogens with one attached hydrogen (secondary N) is 1. The number of aryl methyl sites for hydroxylation is 1. The molecule has 1 unspecified atom stereocenters. The number of unbranched alkanes of at least 4 members (excludes halogenated alkanes) is 1. The lowest BCUT2D eigenvalue weighted by atomic mass is 10.0. The Morgan fingerprint density at radius 1 is 1.19 bits per heavy atom. The van der Waals surface area contributed by atoms with E-state index in [0.29, 0.717) is 48.9 Å². The maximum atomic E-state index is 12.8. The van der Waals surface area contributed by atoms with Crippen molar-refractivity contribution in [2.75, 3.05) is 0 Å². The van der Waals surface area contributed by atoms with Crippen LogP contribution < -0.4 is 5.32 Å². The van der Waals surface area contributed by atoms with Gasteiger partial charge in [-0.3, -0.25) is 24.1 Å². The van der Waals surface area contributed by atoms with Gasteiger partial charge >= 0.3 is 0 Å². The lowest BCUT2D eigenvalue weighted by Gasteiger charge is -2.29. The summed E-state index contributed by atoms with van der Waals surface area (Å²) in [6.07, 6.45) is 4.34. The van der Waals surface area contributed by atoms with Crippen molar-refractivity contribution in [3.63, 3.8) is 0 Å². The lowest BCUT2D eigenvalue weighted by molar-refractivity contribution is -0.125. The van der Waals surface area contributed by atoms with Crippen LogP contribution in [-0.2, 0) is 16.0 Å². The van der Waals surface area contributed by atoms with E-state index in [1.807, 2.05) is 6.92 Å². The highest BCUT2D eigenvalue weighted by atomic mass is 16.2. The van der Waals surface area contributed by atoms with Gasteiger partial charge in [0.2, 0.25) is 5.91 Å². The number of imide groups is 1. The second kappa shape index (κ2) is 7.86. The molecule has 0 radical (unpaired) electrons. The highest BCUT2D eigenvalue weighted by Crippen LogP contribution is 2.29. The van der Waals surface area contributed by atoms with Crippen molar-refractivity contribution in [3.8, 4) is 0 Å². The third kappa shape index (κ3) is 3.84. The lowest BCUT2D eigenvalue weighted by Crippen LogP contribution is -2.51. The molecule has 2 heterocycles. The second-order valence-corrected chi connectivity index (χ2v) is 7.15. The number of benzene rings is 1. The minimum atomic E-state index is -0.804. The van der Waals surface area contributed by atoms with Gasteiger partial charge in [-0.05, 0) is 43.4 Å². The molecule has 1 fully saturated rings. The largest absolute Gasteiger partial charge is 0.329 e. The normalized spacial score (nSPS) is 19.3. The molecule has 1 aromatic rings. The van der Waals surface area contributed by atoms with Gasteiger partial charge in [0.15, 0.2) is 0 Å². The number of fused-ring (bicyclic) bond motifs is 1. The quantitative estimate of drug-likeness (QED) is 0.750. The molecular formula is C21H24N2O4. The zero-order chi connectivity index (χ0) is 19.6. The van der Waals surface area contributed by atoms with Crippen LogP contribution in [-0.4, -0.2) is 34.4 Å². The van der Waals surface area contributed by atoms with Crippen LogP contribution in [0.4, 0.5) is 0 Å². The first kappa shape index (κ1) is 19.0. The van der Waals surface area contributed by atoms with E-state index in [4.69, 9.17) is 0 Å². The molecule has 0 saturated carbocycles. The molecular weight excluding hydrogens is 344 g/mol. The van der Waals surface area contributed by atoms with Crippen molar-refractivity contribution in [2.24, 2.45) is 0 Å². The Hall–Kier alpha value is -2.76. The Kier molecular flexibility index (Phi) is 5.54. The number of allylic oxidation sites excluding steroid dienone is 1. The molecule has 6 heteroatoms. The molecule has 0 spiro atoms. The molecule has 2 aliphatic heterocycles. The fourth-order valence-corrected chi connectivity index (χ4v) is 3.54. The molecule has 1 N–H and O–H groups in total. The summed E-state index contributed by atoms with van der Waals surface area (Å²) in [6, 6.07) is 4.29. The number of carbonyl (C=O) groups is 4. The van der Waals surface area contributed by atoms with E-state index >= 15 is 0 Å². The molecule has 0 aromatic heterocycles. The number of Topliss-reactive ketones (excluding diaryl/α,β-unsaturated/α-hetero) is 1. The van der Waals surface area contributed by atoms with E-state index in [2.05, 4.69) is 11.9 Å². The monoisotopic (exact) mass is 368 g/mol. The Labute approximate surface area is 158 Å². The third-order valence-electron chi connectivity index (χ3n) is 5.12.